The molecule has 94 valence electrons. The highest BCUT2D eigenvalue weighted by atomic mass is 32.1. The smallest absolute Gasteiger partial charge is 0.352 e. The highest BCUT2D eigenvalue weighted by Crippen LogP contribution is 2.22. The van der Waals surface area contributed by atoms with Crippen LogP contribution < -0.4 is 0 Å². The van der Waals surface area contributed by atoms with E-state index in [0.29, 0.717) is 0 Å². The summed E-state index contributed by atoms with van der Waals surface area (Å²) in [6.45, 7) is -0.531. The van der Waals surface area contributed by atoms with Gasteiger partial charge in [0, 0.05) is 12.2 Å². The molecule has 16 heavy (non-hydrogen) atoms. The zero-order valence-corrected chi connectivity index (χ0v) is 9.33. The number of thiocarbonyl (C=S) groups is 1. The number of aliphatic hydroxyl groups excluding tert-OH is 4. The summed E-state index contributed by atoms with van der Waals surface area (Å²) in [6, 6.07) is 0. The van der Waals surface area contributed by atoms with Gasteiger partial charge in [-0.25, -0.2) is 0 Å². The van der Waals surface area contributed by atoms with Crippen molar-refractivity contribution in [3.8, 4) is 0 Å². The number of rotatable bonds is 2. The highest BCUT2D eigenvalue weighted by Gasteiger charge is 2.45. The molecule has 1 aliphatic heterocycles. The van der Waals surface area contributed by atoms with Crippen molar-refractivity contribution < 1.29 is 34.6 Å². The summed E-state index contributed by atoms with van der Waals surface area (Å²) in [5.41, 5.74) is 0. The van der Waals surface area contributed by atoms with Crippen molar-refractivity contribution in [3.05, 3.63) is 0 Å². The first-order valence-electron chi connectivity index (χ1n) is 4.56. The lowest BCUT2D eigenvalue weighted by Gasteiger charge is -2.39. The van der Waals surface area contributed by atoms with Crippen LogP contribution in [0, 0.1) is 0 Å². The predicted octanol–water partition coefficient (Wildman–Crippen LogP) is -2.27. The summed E-state index contributed by atoms with van der Waals surface area (Å²) in [5, 5.41) is 37.1. The Morgan fingerprint density at radius 3 is 2.44 bits per heavy atom. The zero-order valence-electron chi connectivity index (χ0n) is 8.52. The lowest BCUT2D eigenvalue weighted by Crippen LogP contribution is -2.59. The summed E-state index contributed by atoms with van der Waals surface area (Å²) < 4.78 is 14.2. The number of hydrogen-bond donors (Lipinski definition) is 4. The van der Waals surface area contributed by atoms with Crippen LogP contribution in [0.2, 0.25) is 0 Å². The van der Waals surface area contributed by atoms with E-state index in [4.69, 9.17) is 14.6 Å². The summed E-state index contributed by atoms with van der Waals surface area (Å²) in [4.78, 5) is 0. The summed E-state index contributed by atoms with van der Waals surface area (Å²) in [5.74, 6) is 0. The van der Waals surface area contributed by atoms with Gasteiger partial charge >= 0.3 is 5.24 Å². The van der Waals surface area contributed by atoms with Gasteiger partial charge in [-0.3, -0.25) is 0 Å². The van der Waals surface area contributed by atoms with Gasteiger partial charge in [0.15, 0.2) is 12.4 Å². The molecule has 8 heteroatoms. The molecule has 0 radical (unpaired) electrons. The zero-order chi connectivity index (χ0) is 12.3. The van der Waals surface area contributed by atoms with E-state index in [1.54, 1.807) is 0 Å². The first kappa shape index (κ1) is 13.6. The first-order valence-corrected chi connectivity index (χ1v) is 4.97. The second-order valence-corrected chi connectivity index (χ2v) is 3.60. The monoisotopic (exact) mass is 254 g/mol. The van der Waals surface area contributed by atoms with E-state index >= 15 is 0 Å². The minimum atomic E-state index is -1.51. The van der Waals surface area contributed by atoms with E-state index in [1.165, 1.54) is 7.11 Å². The number of hydrogen-bond acceptors (Lipinski definition) is 8. The molecule has 0 aliphatic carbocycles. The van der Waals surface area contributed by atoms with E-state index in [2.05, 4.69) is 17.0 Å². The molecule has 7 nitrogen and oxygen atoms in total. The van der Waals surface area contributed by atoms with E-state index in [-0.39, 0.29) is 5.24 Å². The average Bonchev–Trinajstić information content (AvgIpc) is 2.28. The van der Waals surface area contributed by atoms with E-state index in [1.807, 2.05) is 0 Å². The van der Waals surface area contributed by atoms with Gasteiger partial charge in [-0.1, -0.05) is 0 Å². The van der Waals surface area contributed by atoms with Crippen LogP contribution in [0.5, 0.6) is 0 Å². The maximum atomic E-state index is 9.61. The molecule has 1 fully saturated rings. The fraction of sp³-hybridized carbons (Fsp3) is 0.875. The van der Waals surface area contributed by atoms with Crippen molar-refractivity contribution in [1.29, 1.82) is 0 Å². The predicted molar refractivity (Wildman–Crippen MR) is 54.5 cm³/mol. The molecule has 0 aromatic carbocycles. The maximum Gasteiger partial charge on any atom is 0.352 e. The van der Waals surface area contributed by atoms with Crippen LogP contribution in [0.4, 0.5) is 0 Å². The Balaban J connectivity index is 2.67. The van der Waals surface area contributed by atoms with Crippen molar-refractivity contribution in [1.82, 2.24) is 0 Å². The average molecular weight is 254 g/mol. The molecule has 5 unspecified atom stereocenters. The van der Waals surface area contributed by atoms with Gasteiger partial charge in [-0.15, -0.1) is 0 Å². The Bertz CT molecular complexity index is 249. The quantitative estimate of drug-likeness (QED) is 0.409. The van der Waals surface area contributed by atoms with Crippen LogP contribution >= 0.6 is 12.2 Å². The minimum Gasteiger partial charge on any atom is -0.460 e. The summed E-state index contributed by atoms with van der Waals surface area (Å²) in [6.07, 6.45) is -6.65. The summed E-state index contributed by atoms with van der Waals surface area (Å²) in [7, 11) is 1.26. The second kappa shape index (κ2) is 5.71. The number of methoxy groups -OCH3 is 1. The lowest BCUT2D eigenvalue weighted by atomic mass is 9.99. The van der Waals surface area contributed by atoms with E-state index < -0.39 is 37.3 Å². The highest BCUT2D eigenvalue weighted by molar-refractivity contribution is 7.79. The third-order valence-electron chi connectivity index (χ3n) is 2.24. The molecule has 1 saturated heterocycles. The van der Waals surface area contributed by atoms with Crippen molar-refractivity contribution in [2.24, 2.45) is 0 Å². The topological polar surface area (TPSA) is 109 Å². The Labute approximate surface area is 97.2 Å². The molecule has 0 bridgehead atoms. The normalized spacial score (nSPS) is 39.2. The van der Waals surface area contributed by atoms with Crippen molar-refractivity contribution in [2.75, 3.05) is 13.7 Å². The van der Waals surface area contributed by atoms with Crippen LogP contribution in [0.25, 0.3) is 0 Å². The van der Waals surface area contributed by atoms with Gasteiger partial charge in [0.2, 0.25) is 0 Å². The molecule has 1 heterocycles. The van der Waals surface area contributed by atoms with Gasteiger partial charge in [0.05, 0.1) is 13.7 Å². The van der Waals surface area contributed by atoms with Crippen LogP contribution in [-0.4, -0.2) is 70.1 Å². The Morgan fingerprint density at radius 1 is 1.31 bits per heavy atom. The van der Waals surface area contributed by atoms with Crippen molar-refractivity contribution in [2.45, 2.75) is 30.7 Å². The van der Waals surface area contributed by atoms with Crippen molar-refractivity contribution >= 4 is 17.5 Å². The second-order valence-electron chi connectivity index (χ2n) is 3.27. The van der Waals surface area contributed by atoms with E-state index in [0.717, 1.165) is 0 Å². The van der Waals surface area contributed by atoms with Crippen LogP contribution in [0.15, 0.2) is 0 Å². The molecule has 5 atom stereocenters. The van der Waals surface area contributed by atoms with Gasteiger partial charge < -0.3 is 34.6 Å². The molecule has 0 spiro atoms. The van der Waals surface area contributed by atoms with Gasteiger partial charge in [0.25, 0.3) is 0 Å². The van der Waals surface area contributed by atoms with Crippen LogP contribution in [0.1, 0.15) is 0 Å². The van der Waals surface area contributed by atoms with Gasteiger partial charge in [0.1, 0.15) is 18.3 Å². The molecule has 0 amide bonds. The molecule has 0 saturated carbocycles. The molecule has 1 aliphatic rings. The number of ether oxygens (including phenoxy) is 3. The Morgan fingerprint density at radius 2 is 1.94 bits per heavy atom. The van der Waals surface area contributed by atoms with Crippen LogP contribution in [0.3, 0.4) is 0 Å². The first-order chi connectivity index (χ1) is 7.51. The summed E-state index contributed by atoms with van der Waals surface area (Å²) >= 11 is 4.59. The fourth-order valence-corrected chi connectivity index (χ4v) is 1.47. The van der Waals surface area contributed by atoms with Crippen molar-refractivity contribution in [3.63, 3.8) is 0 Å². The molecule has 4 N–H and O–H groups in total. The van der Waals surface area contributed by atoms with Crippen LogP contribution in [-0.2, 0) is 14.2 Å². The van der Waals surface area contributed by atoms with Gasteiger partial charge in [-0.05, 0) is 0 Å². The largest absolute Gasteiger partial charge is 0.460 e. The Kier molecular flexibility index (Phi) is 4.84. The Hall–Kier alpha value is -0.510. The maximum absolute atomic E-state index is 9.61. The fourth-order valence-electron chi connectivity index (χ4n) is 1.36. The van der Waals surface area contributed by atoms with Gasteiger partial charge in [-0.2, -0.15) is 0 Å². The minimum absolute atomic E-state index is 0.290. The number of aliphatic hydroxyl groups is 4. The molecule has 0 aromatic heterocycles. The molecular formula is C8H14O7S. The van der Waals surface area contributed by atoms with E-state index in [9.17, 15) is 15.3 Å². The third kappa shape index (κ3) is 2.78. The lowest BCUT2D eigenvalue weighted by molar-refractivity contribution is -0.284. The molecular weight excluding hydrogens is 240 g/mol. The standard InChI is InChI=1S/C8H14O7S/c1-13-8(16)15-6-5(11)4(10)3(2-9)14-7(6)12/h3-7,9-12H,2H2,1H3. The molecule has 0 aromatic rings. The molecule has 1 rings (SSSR count). The third-order valence-corrected chi connectivity index (χ3v) is 2.50. The SMILES string of the molecule is COC(=S)OC1C(O)OC(CO)C(O)C1O.